The largest absolute Gasteiger partial charge is 0.461 e. The van der Waals surface area contributed by atoms with E-state index in [0.717, 1.165) is 15.9 Å². The Bertz CT molecular complexity index is 1490. The van der Waals surface area contributed by atoms with Gasteiger partial charge in [0.15, 0.2) is 0 Å². The molecule has 2 aromatic carbocycles. The minimum atomic E-state index is -2.92. The van der Waals surface area contributed by atoms with E-state index in [1.165, 1.54) is 0 Å². The summed E-state index contributed by atoms with van der Waals surface area (Å²) in [5.41, 5.74) is 1.09. The van der Waals surface area contributed by atoms with Crippen LogP contribution in [-0.2, 0) is 20.4 Å². The lowest BCUT2D eigenvalue weighted by atomic mass is 10.2. The maximum absolute atomic E-state index is 13.2. The number of ether oxygens (including phenoxy) is 2. The molecule has 0 bridgehead atoms. The van der Waals surface area contributed by atoms with Gasteiger partial charge in [0.2, 0.25) is 0 Å². The summed E-state index contributed by atoms with van der Waals surface area (Å²) in [5.74, 6) is -0.454. The normalized spacial score (nSPS) is 13.0. The maximum Gasteiger partial charge on any atom is 0.408 e. The number of amides is 1. The number of fused-ring (bicyclic) bond motifs is 1. The minimum absolute atomic E-state index is 0.175. The molecule has 0 aliphatic heterocycles. The van der Waals surface area contributed by atoms with Crippen molar-refractivity contribution in [3.63, 3.8) is 0 Å². The highest BCUT2D eigenvalue weighted by Crippen LogP contribution is 2.37. The zero-order chi connectivity index (χ0) is 31.3. The first kappa shape index (κ1) is 32.0. The molecule has 1 unspecified atom stereocenters. The molecule has 4 rings (SSSR count). The topological polar surface area (TPSA) is 91.7 Å². The summed E-state index contributed by atoms with van der Waals surface area (Å²) in [6, 6.07) is 25.6. The summed E-state index contributed by atoms with van der Waals surface area (Å²) >= 11 is 0. The Labute approximate surface area is 255 Å². The molecule has 1 amide bonds. The number of alkyl carbamates (subject to hydrolysis) is 1. The second-order valence-electron chi connectivity index (χ2n) is 12.6. The van der Waals surface area contributed by atoms with E-state index in [2.05, 4.69) is 55.3 Å². The average Bonchev–Trinajstić information content (AvgIpc) is 3.31. The zero-order valence-corrected chi connectivity index (χ0v) is 27.2. The number of carbonyl (C=O) groups is 2. The molecule has 2 aromatic heterocycles. The Hall–Kier alpha value is -3.95. The van der Waals surface area contributed by atoms with Gasteiger partial charge in [-0.05, 0) is 61.3 Å². The van der Waals surface area contributed by atoms with E-state index in [4.69, 9.17) is 13.9 Å². The van der Waals surface area contributed by atoms with Gasteiger partial charge in [-0.25, -0.2) is 9.59 Å². The molecule has 0 radical (unpaired) electrons. The van der Waals surface area contributed by atoms with Crippen LogP contribution in [0.15, 0.2) is 85.1 Å². The SMILES string of the molecule is CCOC(=O)c1cc2ncccc2n1CC(CO[Si](c1ccccc1)(c1ccccc1)C(C)(C)C)NC(=O)OC(C)(C)C. The van der Waals surface area contributed by atoms with Crippen LogP contribution in [0.2, 0.25) is 5.04 Å². The number of benzene rings is 2. The minimum Gasteiger partial charge on any atom is -0.461 e. The summed E-state index contributed by atoms with van der Waals surface area (Å²) in [6.45, 7) is 14.5. The van der Waals surface area contributed by atoms with Crippen molar-refractivity contribution in [3.8, 4) is 0 Å². The third-order valence-corrected chi connectivity index (χ3v) is 12.2. The molecule has 1 N–H and O–H groups in total. The number of nitrogens with zero attached hydrogens (tertiary/aromatic N) is 2. The fourth-order valence-corrected chi connectivity index (χ4v) is 10.1. The van der Waals surface area contributed by atoms with Gasteiger partial charge >= 0.3 is 12.1 Å². The van der Waals surface area contributed by atoms with Crippen LogP contribution in [0.3, 0.4) is 0 Å². The molecule has 8 nitrogen and oxygen atoms in total. The number of pyridine rings is 1. The Balaban J connectivity index is 1.79. The molecule has 9 heteroatoms. The summed E-state index contributed by atoms with van der Waals surface area (Å²) in [5, 5.41) is 5.05. The van der Waals surface area contributed by atoms with Gasteiger partial charge in [0.1, 0.15) is 11.3 Å². The van der Waals surface area contributed by atoms with Gasteiger partial charge in [-0.15, -0.1) is 0 Å². The molecule has 0 spiro atoms. The third kappa shape index (κ3) is 7.34. The second-order valence-corrected chi connectivity index (χ2v) is 16.9. The first-order chi connectivity index (χ1) is 20.4. The number of esters is 1. The molecule has 43 heavy (non-hydrogen) atoms. The molecule has 0 saturated carbocycles. The van der Waals surface area contributed by atoms with Crippen LogP contribution in [0.25, 0.3) is 11.0 Å². The number of hydrogen-bond donors (Lipinski definition) is 1. The first-order valence-electron chi connectivity index (χ1n) is 14.7. The van der Waals surface area contributed by atoms with Crippen molar-refractivity contribution < 1.29 is 23.5 Å². The molecule has 228 valence electrons. The fourth-order valence-electron chi connectivity index (χ4n) is 5.48. The highest BCUT2D eigenvalue weighted by atomic mass is 28.4. The maximum atomic E-state index is 13.2. The summed E-state index contributed by atoms with van der Waals surface area (Å²) in [6.07, 6.45) is 1.13. The second kappa shape index (κ2) is 13.1. The average molecular weight is 602 g/mol. The number of rotatable bonds is 10. The molecule has 2 heterocycles. The predicted molar refractivity (Wildman–Crippen MR) is 172 cm³/mol. The van der Waals surface area contributed by atoms with Crippen LogP contribution in [0.5, 0.6) is 0 Å². The van der Waals surface area contributed by atoms with Crippen molar-refractivity contribution in [2.75, 3.05) is 13.2 Å². The van der Waals surface area contributed by atoms with Crippen LogP contribution in [-0.4, -0.2) is 54.8 Å². The number of hydrogen-bond acceptors (Lipinski definition) is 6. The highest BCUT2D eigenvalue weighted by Gasteiger charge is 2.50. The number of carbonyl (C=O) groups excluding carboxylic acids is 2. The standard InChI is InChI=1S/C34H43N3O5Si/c1-8-40-31(38)30-22-28-29(20-15-21-35-28)37(30)23-25(36-32(39)42-33(2,3)4)24-41-43(34(5,6)7,26-16-11-9-12-17-26)27-18-13-10-14-19-27/h9-22,25H,8,23-24H2,1-7H3,(H,36,39). The number of aromatic nitrogens is 2. The van der Waals surface area contributed by atoms with E-state index in [0.29, 0.717) is 11.2 Å². The van der Waals surface area contributed by atoms with Crippen molar-refractivity contribution in [1.29, 1.82) is 0 Å². The molecule has 0 aliphatic carbocycles. The smallest absolute Gasteiger partial charge is 0.408 e. The van der Waals surface area contributed by atoms with E-state index in [-0.39, 0.29) is 24.8 Å². The fraction of sp³-hybridized carbons (Fsp3) is 0.382. The molecule has 0 aliphatic rings. The van der Waals surface area contributed by atoms with E-state index in [1.54, 1.807) is 19.2 Å². The van der Waals surface area contributed by atoms with Crippen molar-refractivity contribution in [3.05, 3.63) is 90.8 Å². The van der Waals surface area contributed by atoms with Gasteiger partial charge in [0.25, 0.3) is 8.32 Å². The zero-order valence-electron chi connectivity index (χ0n) is 26.2. The van der Waals surface area contributed by atoms with Crippen molar-refractivity contribution in [1.82, 2.24) is 14.9 Å². The molecule has 0 saturated heterocycles. The lowest BCUT2D eigenvalue weighted by molar-refractivity contribution is 0.0478. The van der Waals surface area contributed by atoms with Crippen molar-refractivity contribution in [2.45, 2.75) is 71.7 Å². The Morgan fingerprint density at radius 3 is 2.05 bits per heavy atom. The van der Waals surface area contributed by atoms with Crippen LogP contribution in [0.4, 0.5) is 4.79 Å². The van der Waals surface area contributed by atoms with E-state index < -0.39 is 32.0 Å². The number of nitrogens with one attached hydrogen (secondary N) is 1. The van der Waals surface area contributed by atoms with Gasteiger partial charge in [0, 0.05) is 12.7 Å². The lowest BCUT2D eigenvalue weighted by Crippen LogP contribution is -2.67. The van der Waals surface area contributed by atoms with Gasteiger partial charge in [-0.3, -0.25) is 4.98 Å². The van der Waals surface area contributed by atoms with Gasteiger partial charge in [-0.2, -0.15) is 0 Å². The van der Waals surface area contributed by atoms with Crippen LogP contribution in [0.1, 0.15) is 59.0 Å². The third-order valence-electron chi connectivity index (χ3n) is 7.20. The quantitative estimate of drug-likeness (QED) is 0.186. The van der Waals surface area contributed by atoms with Crippen LogP contribution in [0, 0.1) is 0 Å². The van der Waals surface area contributed by atoms with E-state index in [9.17, 15) is 9.59 Å². The molecule has 4 aromatic rings. The molecular formula is C34H43N3O5Si. The molecule has 1 atom stereocenters. The first-order valence-corrected chi connectivity index (χ1v) is 16.6. The van der Waals surface area contributed by atoms with Gasteiger partial charge < -0.3 is 23.8 Å². The summed E-state index contributed by atoms with van der Waals surface area (Å²) in [7, 11) is -2.92. The Morgan fingerprint density at radius 2 is 1.51 bits per heavy atom. The highest BCUT2D eigenvalue weighted by molar-refractivity contribution is 6.99. The van der Waals surface area contributed by atoms with Gasteiger partial charge in [-0.1, -0.05) is 81.4 Å². The predicted octanol–water partition coefficient (Wildman–Crippen LogP) is 5.68. The van der Waals surface area contributed by atoms with Crippen molar-refractivity contribution in [2.24, 2.45) is 0 Å². The molecule has 0 fully saturated rings. The van der Waals surface area contributed by atoms with Crippen LogP contribution >= 0.6 is 0 Å². The van der Waals surface area contributed by atoms with Crippen LogP contribution < -0.4 is 15.7 Å². The molecular weight excluding hydrogens is 558 g/mol. The summed E-state index contributed by atoms with van der Waals surface area (Å²) in [4.78, 5) is 30.6. The Kier molecular flexibility index (Phi) is 9.77. The monoisotopic (exact) mass is 601 g/mol. The lowest BCUT2D eigenvalue weighted by Gasteiger charge is -2.43. The van der Waals surface area contributed by atoms with Gasteiger partial charge in [0.05, 0.1) is 30.3 Å². The summed E-state index contributed by atoms with van der Waals surface area (Å²) < 4.78 is 20.1. The van der Waals surface area contributed by atoms with Crippen molar-refractivity contribution >= 4 is 41.8 Å². The van der Waals surface area contributed by atoms with E-state index in [1.807, 2.05) is 73.9 Å². The Morgan fingerprint density at radius 1 is 0.907 bits per heavy atom. The van der Waals surface area contributed by atoms with E-state index >= 15 is 0 Å².